The number of aliphatic carboxylic acids is 1. The maximum absolute atomic E-state index is 13.6. The van der Waals surface area contributed by atoms with E-state index >= 15 is 0 Å². The number of rotatable bonds is 6. The van der Waals surface area contributed by atoms with Crippen LogP contribution in [0.3, 0.4) is 0 Å². The zero-order valence-corrected chi connectivity index (χ0v) is 13.7. The molecule has 0 radical (unpaired) electrons. The molecule has 2 N–H and O–H groups in total. The van der Waals surface area contributed by atoms with E-state index < -0.39 is 42.5 Å². The maximum atomic E-state index is 13.6. The predicted octanol–water partition coefficient (Wildman–Crippen LogP) is 0.776. The third-order valence-corrected chi connectivity index (χ3v) is 6.08. The standard InChI is InChI=1S/C13H14FN3O4S2/c1-5(18)8-9-6(2-14)7(3-22-13-16-15-4-23-13)10(12(20)21)17(9)11(8)19/h4-6,8-9,18H,2-3H2,1H3,(H,20,21)/t5-,6-,8-,9-/m1/s1. The van der Waals surface area contributed by atoms with Crippen LogP contribution in [-0.2, 0) is 9.59 Å². The average molecular weight is 359 g/mol. The van der Waals surface area contributed by atoms with E-state index in [2.05, 4.69) is 10.2 Å². The predicted molar refractivity (Wildman–Crippen MR) is 80.6 cm³/mol. The highest BCUT2D eigenvalue weighted by molar-refractivity contribution is 8.01. The molecule has 0 bridgehead atoms. The molecule has 10 heteroatoms. The van der Waals surface area contributed by atoms with E-state index in [1.165, 1.54) is 30.0 Å². The first kappa shape index (κ1) is 16.3. The van der Waals surface area contributed by atoms with Gasteiger partial charge in [-0.3, -0.25) is 9.18 Å². The number of carbonyl (C=O) groups excluding carboxylic acids is 1. The van der Waals surface area contributed by atoms with Crippen LogP contribution >= 0.6 is 23.1 Å². The van der Waals surface area contributed by atoms with Crippen LogP contribution in [0.2, 0.25) is 0 Å². The van der Waals surface area contributed by atoms with Crippen molar-refractivity contribution < 1.29 is 24.2 Å². The summed E-state index contributed by atoms with van der Waals surface area (Å²) >= 11 is 2.57. The van der Waals surface area contributed by atoms with Gasteiger partial charge in [0.05, 0.1) is 24.7 Å². The second-order valence-electron chi connectivity index (χ2n) is 5.40. The number of aromatic nitrogens is 2. The summed E-state index contributed by atoms with van der Waals surface area (Å²) in [6.45, 7) is 0.685. The van der Waals surface area contributed by atoms with Gasteiger partial charge < -0.3 is 15.1 Å². The molecule has 0 unspecified atom stereocenters. The molecule has 1 aromatic heterocycles. The molecule has 3 heterocycles. The van der Waals surface area contributed by atoms with E-state index in [1.54, 1.807) is 5.51 Å². The number of carboxylic acid groups (broad SMARTS) is 1. The lowest BCUT2D eigenvalue weighted by molar-refractivity contribution is -0.163. The van der Waals surface area contributed by atoms with Crippen LogP contribution in [0.5, 0.6) is 0 Å². The number of fused-ring (bicyclic) bond motifs is 1. The normalized spacial score (nSPS) is 27.9. The fourth-order valence-electron chi connectivity index (χ4n) is 3.22. The van der Waals surface area contributed by atoms with Crippen LogP contribution in [0.25, 0.3) is 0 Å². The lowest BCUT2D eigenvalue weighted by atomic mass is 9.77. The monoisotopic (exact) mass is 359 g/mol. The van der Waals surface area contributed by atoms with Gasteiger partial charge in [0.2, 0.25) is 5.91 Å². The molecule has 1 fully saturated rings. The molecule has 0 spiro atoms. The molecule has 1 saturated heterocycles. The van der Waals surface area contributed by atoms with Crippen molar-refractivity contribution in [3.63, 3.8) is 0 Å². The number of hydrogen-bond donors (Lipinski definition) is 2. The minimum Gasteiger partial charge on any atom is -0.477 e. The molecule has 7 nitrogen and oxygen atoms in total. The number of carboxylic acids is 1. The van der Waals surface area contributed by atoms with E-state index in [0.29, 0.717) is 9.91 Å². The Morgan fingerprint density at radius 2 is 2.35 bits per heavy atom. The third-order valence-electron chi connectivity index (χ3n) is 4.17. The van der Waals surface area contributed by atoms with Crippen LogP contribution in [0.15, 0.2) is 21.1 Å². The summed E-state index contributed by atoms with van der Waals surface area (Å²) in [4.78, 5) is 24.9. The van der Waals surface area contributed by atoms with Gasteiger partial charge in [-0.25, -0.2) is 4.79 Å². The van der Waals surface area contributed by atoms with Crippen molar-refractivity contribution >= 4 is 35.0 Å². The largest absolute Gasteiger partial charge is 0.477 e. The number of aliphatic hydroxyl groups excluding tert-OH is 1. The van der Waals surface area contributed by atoms with Crippen LogP contribution in [0.4, 0.5) is 4.39 Å². The van der Waals surface area contributed by atoms with E-state index in [0.717, 1.165) is 4.90 Å². The van der Waals surface area contributed by atoms with Gasteiger partial charge >= 0.3 is 5.97 Å². The Kier molecular flexibility index (Phi) is 4.39. The van der Waals surface area contributed by atoms with E-state index in [9.17, 15) is 24.2 Å². The summed E-state index contributed by atoms with van der Waals surface area (Å²) in [5.41, 5.74) is 1.77. The number of thioether (sulfide) groups is 1. The summed E-state index contributed by atoms with van der Waals surface area (Å²) in [6.07, 6.45) is -0.942. The van der Waals surface area contributed by atoms with Gasteiger partial charge in [0.15, 0.2) is 4.34 Å². The molecular formula is C13H14FN3O4S2. The van der Waals surface area contributed by atoms with E-state index in [4.69, 9.17) is 0 Å². The van der Waals surface area contributed by atoms with Crippen molar-refractivity contribution in [2.45, 2.75) is 23.4 Å². The number of halogens is 1. The zero-order valence-electron chi connectivity index (χ0n) is 12.0. The van der Waals surface area contributed by atoms with Crippen molar-refractivity contribution in [2.75, 3.05) is 12.4 Å². The fourth-order valence-corrected chi connectivity index (χ4v) is 4.81. The molecule has 0 aromatic carbocycles. The number of alkyl halides is 1. The number of amides is 1. The first-order chi connectivity index (χ1) is 11.0. The van der Waals surface area contributed by atoms with E-state index in [1.807, 2.05) is 0 Å². The minimum atomic E-state index is -1.25. The van der Waals surface area contributed by atoms with Gasteiger partial charge in [0.1, 0.15) is 11.2 Å². The second-order valence-corrected chi connectivity index (χ2v) is 7.45. The Morgan fingerprint density at radius 3 is 2.87 bits per heavy atom. The van der Waals surface area contributed by atoms with Gasteiger partial charge in [-0.15, -0.1) is 10.2 Å². The Labute approximate surface area is 139 Å². The molecule has 1 aromatic rings. The van der Waals surface area contributed by atoms with Crippen LogP contribution in [-0.4, -0.2) is 61.8 Å². The van der Waals surface area contributed by atoms with Crippen LogP contribution in [0.1, 0.15) is 6.92 Å². The van der Waals surface area contributed by atoms with Gasteiger partial charge in [-0.2, -0.15) is 0 Å². The molecule has 0 aliphatic carbocycles. The molecule has 23 heavy (non-hydrogen) atoms. The zero-order chi connectivity index (χ0) is 16.7. The quantitative estimate of drug-likeness (QED) is 0.571. The fraction of sp³-hybridized carbons (Fsp3) is 0.538. The molecule has 124 valence electrons. The molecule has 2 aliphatic heterocycles. The topological polar surface area (TPSA) is 104 Å². The van der Waals surface area contributed by atoms with Crippen LogP contribution in [0, 0.1) is 11.8 Å². The highest BCUT2D eigenvalue weighted by atomic mass is 32.2. The van der Waals surface area contributed by atoms with Crippen molar-refractivity contribution in [1.82, 2.24) is 15.1 Å². The smallest absolute Gasteiger partial charge is 0.352 e. The Morgan fingerprint density at radius 1 is 1.61 bits per heavy atom. The number of nitrogens with zero attached hydrogens (tertiary/aromatic N) is 3. The Bertz CT molecular complexity index is 664. The van der Waals surface area contributed by atoms with Gasteiger partial charge in [-0.1, -0.05) is 23.1 Å². The number of β-lactam (4-membered cyclic amide) rings is 1. The summed E-state index contributed by atoms with van der Waals surface area (Å²) in [5.74, 6) is -2.96. The maximum Gasteiger partial charge on any atom is 0.352 e. The lowest BCUT2D eigenvalue weighted by Gasteiger charge is -2.46. The minimum absolute atomic E-state index is 0.156. The highest BCUT2D eigenvalue weighted by Crippen LogP contribution is 2.48. The van der Waals surface area contributed by atoms with Crippen molar-refractivity contribution in [2.24, 2.45) is 11.8 Å². The molecule has 3 rings (SSSR count). The molecule has 2 aliphatic rings. The first-order valence-corrected chi connectivity index (χ1v) is 8.76. The highest BCUT2D eigenvalue weighted by Gasteiger charge is 2.60. The van der Waals surface area contributed by atoms with Gasteiger partial charge in [0.25, 0.3) is 0 Å². The first-order valence-electron chi connectivity index (χ1n) is 6.89. The van der Waals surface area contributed by atoms with E-state index in [-0.39, 0.29) is 11.4 Å². The summed E-state index contributed by atoms with van der Waals surface area (Å²) < 4.78 is 14.2. The lowest BCUT2D eigenvalue weighted by Crippen LogP contribution is -2.64. The second kappa shape index (κ2) is 6.17. The Balaban J connectivity index is 1.91. The average Bonchev–Trinajstić information content (AvgIpc) is 3.08. The summed E-state index contributed by atoms with van der Waals surface area (Å²) in [5, 5.41) is 26.7. The van der Waals surface area contributed by atoms with Gasteiger partial charge in [-0.05, 0) is 12.5 Å². The van der Waals surface area contributed by atoms with Crippen LogP contribution < -0.4 is 0 Å². The number of carbonyl (C=O) groups is 2. The van der Waals surface area contributed by atoms with Crippen molar-refractivity contribution in [3.8, 4) is 0 Å². The number of hydrogen-bond acceptors (Lipinski definition) is 7. The summed E-state index contributed by atoms with van der Waals surface area (Å²) in [7, 11) is 0. The molecule has 4 atom stereocenters. The van der Waals surface area contributed by atoms with Crippen molar-refractivity contribution in [1.29, 1.82) is 0 Å². The number of aliphatic hydroxyl groups is 1. The molecule has 0 saturated carbocycles. The Hall–Kier alpha value is -1.52. The van der Waals surface area contributed by atoms with Gasteiger partial charge in [0, 0.05) is 11.7 Å². The molecular weight excluding hydrogens is 345 g/mol. The third kappa shape index (κ3) is 2.54. The SMILES string of the molecule is C[C@@H](O)[C@H]1C(=O)N2C(C(=O)O)=C(CSc3nncs3)[C@@H](CF)[C@H]12. The van der Waals surface area contributed by atoms with Crippen molar-refractivity contribution in [3.05, 3.63) is 16.8 Å². The summed E-state index contributed by atoms with van der Waals surface area (Å²) in [6, 6.07) is -0.622. The molecule has 1 amide bonds.